The van der Waals surface area contributed by atoms with Crippen LogP contribution in [0.5, 0.6) is 0 Å². The van der Waals surface area contributed by atoms with E-state index < -0.39 is 22.2 Å². The molecule has 0 radical (unpaired) electrons. The van der Waals surface area contributed by atoms with Gasteiger partial charge in [-0.25, -0.2) is 4.39 Å². The van der Waals surface area contributed by atoms with Crippen molar-refractivity contribution in [2.75, 3.05) is 5.32 Å². The Kier molecular flexibility index (Phi) is 3.46. The number of nitrogens with one attached hydrogen (secondary N) is 1. The summed E-state index contributed by atoms with van der Waals surface area (Å²) in [5, 5.41) is 13.3. The number of hydrogen-bond donors (Lipinski definition) is 1. The number of nitro benzene ring substituents is 1. The van der Waals surface area contributed by atoms with Crippen molar-refractivity contribution in [2.45, 2.75) is 6.54 Å². The molecular weight excluding hydrogens is 256 g/mol. The molecule has 0 spiro atoms. The lowest BCUT2D eigenvalue weighted by atomic mass is 10.2. The van der Waals surface area contributed by atoms with E-state index in [1.807, 2.05) is 30.1 Å². The highest BCUT2D eigenvalue weighted by Gasteiger charge is 2.18. The van der Waals surface area contributed by atoms with E-state index in [2.05, 4.69) is 5.32 Å². The molecule has 0 atom stereocenters. The minimum Gasteiger partial charge on any atom is -0.378 e. The third-order valence-corrected chi connectivity index (χ3v) is 2.61. The summed E-state index contributed by atoms with van der Waals surface area (Å²) in [6.45, 7) is 0.292. The van der Waals surface area contributed by atoms with E-state index in [1.54, 1.807) is 0 Å². The van der Waals surface area contributed by atoms with E-state index in [-0.39, 0.29) is 5.69 Å². The number of nitrogens with zero attached hydrogens (tertiary/aromatic N) is 2. The summed E-state index contributed by atoms with van der Waals surface area (Å²) in [7, 11) is 1.84. The van der Waals surface area contributed by atoms with Crippen molar-refractivity contribution in [2.24, 2.45) is 7.05 Å². The van der Waals surface area contributed by atoms with E-state index in [9.17, 15) is 18.9 Å². The smallest absolute Gasteiger partial charge is 0.307 e. The summed E-state index contributed by atoms with van der Waals surface area (Å²) in [4.78, 5) is 9.69. The van der Waals surface area contributed by atoms with Crippen LogP contribution in [0.1, 0.15) is 5.56 Å². The van der Waals surface area contributed by atoms with Crippen molar-refractivity contribution in [1.82, 2.24) is 4.57 Å². The van der Waals surface area contributed by atoms with Gasteiger partial charge < -0.3 is 9.88 Å². The second kappa shape index (κ2) is 5.05. The van der Waals surface area contributed by atoms with Gasteiger partial charge in [-0.2, -0.15) is 4.39 Å². The summed E-state index contributed by atoms with van der Waals surface area (Å²) in [5.41, 5.74) is 0.0304. The number of nitro groups is 1. The maximum Gasteiger partial charge on any atom is 0.307 e. The molecule has 0 amide bonds. The molecule has 7 heteroatoms. The molecule has 0 fully saturated rings. The SMILES string of the molecule is Cn1ccc(CNc2cc([N+](=O)[O-])c(F)cc2F)c1. The lowest BCUT2D eigenvalue weighted by Crippen LogP contribution is -2.03. The predicted molar refractivity (Wildman–Crippen MR) is 65.8 cm³/mol. The quantitative estimate of drug-likeness (QED) is 0.684. The van der Waals surface area contributed by atoms with Gasteiger partial charge in [-0.1, -0.05) is 0 Å². The van der Waals surface area contributed by atoms with E-state index in [0.29, 0.717) is 12.6 Å². The highest BCUT2D eigenvalue weighted by molar-refractivity contribution is 5.53. The fraction of sp³-hybridized carbons (Fsp3) is 0.167. The van der Waals surface area contributed by atoms with Gasteiger partial charge in [0.05, 0.1) is 10.6 Å². The maximum atomic E-state index is 13.5. The van der Waals surface area contributed by atoms with Crippen LogP contribution in [0.2, 0.25) is 0 Å². The van der Waals surface area contributed by atoms with Crippen molar-refractivity contribution in [1.29, 1.82) is 0 Å². The first-order valence-electron chi connectivity index (χ1n) is 5.45. The Morgan fingerprint density at radius 1 is 1.37 bits per heavy atom. The number of aryl methyl sites for hydroxylation is 1. The second-order valence-electron chi connectivity index (χ2n) is 4.08. The van der Waals surface area contributed by atoms with Gasteiger partial charge in [0.2, 0.25) is 5.82 Å². The fourth-order valence-electron chi connectivity index (χ4n) is 1.68. The minimum atomic E-state index is -1.19. The molecule has 1 aromatic heterocycles. The highest BCUT2D eigenvalue weighted by Crippen LogP contribution is 2.25. The van der Waals surface area contributed by atoms with Crippen LogP contribution in [0.25, 0.3) is 0 Å². The molecule has 1 N–H and O–H groups in total. The lowest BCUT2D eigenvalue weighted by Gasteiger charge is -2.06. The molecule has 1 aromatic carbocycles. The van der Waals surface area contributed by atoms with Crippen LogP contribution in [0, 0.1) is 21.7 Å². The Hall–Kier alpha value is -2.44. The molecule has 19 heavy (non-hydrogen) atoms. The van der Waals surface area contributed by atoms with Crippen LogP contribution in [-0.2, 0) is 13.6 Å². The lowest BCUT2D eigenvalue weighted by molar-refractivity contribution is -0.387. The standard InChI is InChI=1S/C12H11F2N3O2/c1-16-3-2-8(7-16)6-15-11-5-12(17(18)19)10(14)4-9(11)13/h2-5,7,15H,6H2,1H3. The van der Waals surface area contributed by atoms with Crippen molar-refractivity contribution in [3.63, 3.8) is 0 Å². The Balaban J connectivity index is 2.20. The van der Waals surface area contributed by atoms with E-state index in [4.69, 9.17) is 0 Å². The number of benzene rings is 1. The molecule has 0 aliphatic rings. The second-order valence-corrected chi connectivity index (χ2v) is 4.08. The third kappa shape index (κ3) is 2.87. The molecule has 2 aromatic rings. The van der Waals surface area contributed by atoms with Crippen LogP contribution in [0.3, 0.4) is 0 Å². The van der Waals surface area contributed by atoms with Crippen LogP contribution in [0.4, 0.5) is 20.2 Å². The van der Waals surface area contributed by atoms with Crippen LogP contribution in [-0.4, -0.2) is 9.49 Å². The van der Waals surface area contributed by atoms with Crippen LogP contribution < -0.4 is 5.32 Å². The molecule has 100 valence electrons. The van der Waals surface area contributed by atoms with Gasteiger partial charge in [0.1, 0.15) is 5.82 Å². The van der Waals surface area contributed by atoms with Gasteiger partial charge in [-0.05, 0) is 11.6 Å². The Labute approximate surface area is 107 Å². The Morgan fingerprint density at radius 3 is 2.68 bits per heavy atom. The first kappa shape index (κ1) is 13.0. The van der Waals surface area contributed by atoms with Gasteiger partial charge in [0.15, 0.2) is 0 Å². The molecule has 0 aliphatic heterocycles. The van der Waals surface area contributed by atoms with Crippen LogP contribution >= 0.6 is 0 Å². The molecule has 0 saturated carbocycles. The van der Waals surface area contributed by atoms with Crippen molar-refractivity contribution in [3.8, 4) is 0 Å². The van der Waals surface area contributed by atoms with Crippen molar-refractivity contribution in [3.05, 3.63) is 57.9 Å². The number of hydrogen-bond acceptors (Lipinski definition) is 3. The Morgan fingerprint density at radius 2 is 2.11 bits per heavy atom. The zero-order valence-corrected chi connectivity index (χ0v) is 10.1. The first-order valence-corrected chi connectivity index (χ1v) is 5.45. The predicted octanol–water partition coefficient (Wildman–Crippen LogP) is 2.82. The average Bonchev–Trinajstić information content (AvgIpc) is 2.73. The number of aromatic nitrogens is 1. The average molecular weight is 267 g/mol. The number of halogens is 2. The zero-order chi connectivity index (χ0) is 14.0. The van der Waals surface area contributed by atoms with Crippen LogP contribution in [0.15, 0.2) is 30.6 Å². The molecule has 0 unspecified atom stereocenters. The van der Waals surface area contributed by atoms with Gasteiger partial charge in [0.25, 0.3) is 0 Å². The first-order chi connectivity index (χ1) is 8.97. The highest BCUT2D eigenvalue weighted by atomic mass is 19.1. The zero-order valence-electron chi connectivity index (χ0n) is 10.1. The van der Waals surface area contributed by atoms with Gasteiger partial charge in [-0.3, -0.25) is 10.1 Å². The monoisotopic (exact) mass is 267 g/mol. The van der Waals surface area contributed by atoms with Crippen molar-refractivity contribution >= 4 is 11.4 Å². The third-order valence-electron chi connectivity index (χ3n) is 2.61. The normalized spacial score (nSPS) is 10.5. The van der Waals surface area contributed by atoms with E-state index in [1.165, 1.54) is 0 Å². The maximum absolute atomic E-state index is 13.5. The topological polar surface area (TPSA) is 60.1 Å². The van der Waals surface area contributed by atoms with Gasteiger partial charge in [0, 0.05) is 38.1 Å². The molecule has 2 rings (SSSR count). The molecule has 1 heterocycles. The van der Waals surface area contributed by atoms with Crippen molar-refractivity contribution < 1.29 is 13.7 Å². The summed E-state index contributed by atoms with van der Waals surface area (Å²) >= 11 is 0. The van der Waals surface area contributed by atoms with Gasteiger partial charge >= 0.3 is 5.69 Å². The molecule has 0 saturated heterocycles. The van der Waals surface area contributed by atoms with Gasteiger partial charge in [-0.15, -0.1) is 0 Å². The van der Waals surface area contributed by atoms with E-state index in [0.717, 1.165) is 11.6 Å². The van der Waals surface area contributed by atoms with E-state index >= 15 is 0 Å². The summed E-state index contributed by atoms with van der Waals surface area (Å²) in [5.74, 6) is -2.05. The summed E-state index contributed by atoms with van der Waals surface area (Å²) in [6.07, 6.45) is 3.64. The Bertz CT molecular complexity index is 625. The minimum absolute atomic E-state index is 0.100. The fourth-order valence-corrected chi connectivity index (χ4v) is 1.68. The molecule has 0 bridgehead atoms. The number of anilines is 1. The molecular formula is C12H11F2N3O2. The molecule has 0 aliphatic carbocycles. The number of rotatable bonds is 4. The summed E-state index contributed by atoms with van der Waals surface area (Å²) in [6, 6.07) is 3.18. The molecule has 5 nitrogen and oxygen atoms in total. The summed E-state index contributed by atoms with van der Waals surface area (Å²) < 4.78 is 28.4. The largest absolute Gasteiger partial charge is 0.378 e.